The van der Waals surface area contributed by atoms with Gasteiger partial charge in [0.2, 0.25) is 0 Å². The third-order valence-electron chi connectivity index (χ3n) is 3.73. The highest BCUT2D eigenvalue weighted by Gasteiger charge is 2.20. The zero-order valence-corrected chi connectivity index (χ0v) is 15.0. The third-order valence-corrected chi connectivity index (χ3v) is 5.52. The number of rotatable bonds is 7. The van der Waals surface area contributed by atoms with Crippen LogP contribution in [0.1, 0.15) is 26.8 Å². The number of benzene rings is 1. The molecule has 0 aliphatic heterocycles. The number of quaternary nitrogens is 1. The first kappa shape index (κ1) is 17.3. The van der Waals surface area contributed by atoms with Crippen molar-refractivity contribution < 1.29 is 14.9 Å². The Balaban J connectivity index is 1.68. The molecule has 0 aliphatic rings. The summed E-state index contributed by atoms with van der Waals surface area (Å²) in [6.45, 7) is 0.244. The van der Waals surface area contributed by atoms with Gasteiger partial charge in [0.05, 0.1) is 10.4 Å². The van der Waals surface area contributed by atoms with Crippen molar-refractivity contribution in [1.29, 1.82) is 0 Å². The molecule has 0 aliphatic carbocycles. The number of amides is 2. The van der Waals surface area contributed by atoms with Crippen LogP contribution < -0.4 is 16.4 Å². The van der Waals surface area contributed by atoms with Gasteiger partial charge in [-0.15, -0.1) is 22.7 Å². The van der Waals surface area contributed by atoms with Crippen LogP contribution in [0.25, 0.3) is 0 Å². The molecule has 1 atom stereocenters. The van der Waals surface area contributed by atoms with Gasteiger partial charge in [-0.3, -0.25) is 9.59 Å². The largest absolute Gasteiger partial charge is 0.366 e. The molecule has 0 radical (unpaired) electrons. The van der Waals surface area contributed by atoms with E-state index in [-0.39, 0.29) is 18.5 Å². The maximum Gasteiger partial charge on any atom is 0.280 e. The second-order valence-electron chi connectivity index (χ2n) is 5.42. The maximum absolute atomic E-state index is 12.3. The van der Waals surface area contributed by atoms with Crippen molar-refractivity contribution >= 4 is 39.5 Å². The minimum Gasteiger partial charge on any atom is -0.366 e. The van der Waals surface area contributed by atoms with E-state index in [2.05, 4.69) is 23.5 Å². The summed E-state index contributed by atoms with van der Waals surface area (Å²) in [5.74, 6) is -0.705. The van der Waals surface area contributed by atoms with Gasteiger partial charge in [0.1, 0.15) is 11.0 Å². The fourth-order valence-corrected chi connectivity index (χ4v) is 4.21. The number of thiophene rings is 2. The molecule has 2 aromatic heterocycles. The number of nitrogens with one attached hydrogen (secondary N) is 1. The van der Waals surface area contributed by atoms with E-state index in [0.717, 1.165) is 5.56 Å². The average molecular weight is 372 g/mol. The summed E-state index contributed by atoms with van der Waals surface area (Å²) in [5, 5.41) is 9.03. The summed E-state index contributed by atoms with van der Waals surface area (Å²) < 4.78 is 0. The quantitative estimate of drug-likeness (QED) is 0.594. The molecular formula is C18H18N3O2S2+. The summed E-state index contributed by atoms with van der Waals surface area (Å²) in [5.41, 5.74) is 6.80. The summed E-state index contributed by atoms with van der Waals surface area (Å²) >= 11 is 2.96. The van der Waals surface area contributed by atoms with Crippen LogP contribution in [0.4, 0.5) is 5.00 Å². The molecule has 2 heterocycles. The lowest BCUT2D eigenvalue weighted by atomic mass is 10.1. The van der Waals surface area contributed by atoms with Crippen LogP contribution in [0, 0.1) is 0 Å². The highest BCUT2D eigenvalue weighted by Crippen LogP contribution is 2.23. The van der Waals surface area contributed by atoms with Gasteiger partial charge < -0.3 is 16.4 Å². The molecule has 0 unspecified atom stereocenters. The molecule has 3 rings (SSSR count). The number of nitrogens with two attached hydrogens (primary N) is 2. The highest BCUT2D eigenvalue weighted by atomic mass is 32.1. The molecule has 5 N–H and O–H groups in total. The van der Waals surface area contributed by atoms with E-state index in [1.165, 1.54) is 16.2 Å². The number of hydrogen-bond acceptors (Lipinski definition) is 4. The second kappa shape index (κ2) is 8.06. The van der Waals surface area contributed by atoms with Gasteiger partial charge in [0, 0.05) is 5.56 Å². The molecule has 0 saturated heterocycles. The van der Waals surface area contributed by atoms with Crippen molar-refractivity contribution in [2.24, 2.45) is 5.73 Å². The topological polar surface area (TPSA) is 88.8 Å². The van der Waals surface area contributed by atoms with Crippen molar-refractivity contribution in [3.05, 3.63) is 75.3 Å². The van der Waals surface area contributed by atoms with Gasteiger partial charge in [0.15, 0.2) is 6.54 Å². The summed E-state index contributed by atoms with van der Waals surface area (Å²) in [6.07, 6.45) is 0. The molecule has 0 saturated carbocycles. The molecule has 128 valence electrons. The summed E-state index contributed by atoms with van der Waals surface area (Å²) in [4.78, 5) is 24.8. The Kier molecular flexibility index (Phi) is 5.60. The molecule has 2 amide bonds. The summed E-state index contributed by atoms with van der Waals surface area (Å²) in [7, 11) is 0. The number of hydrogen-bond donors (Lipinski definition) is 3. The van der Waals surface area contributed by atoms with Gasteiger partial charge >= 0.3 is 0 Å². The lowest BCUT2D eigenvalue weighted by molar-refractivity contribution is -0.675. The van der Waals surface area contributed by atoms with Gasteiger partial charge in [-0.2, -0.15) is 0 Å². The molecule has 1 aromatic carbocycles. The van der Waals surface area contributed by atoms with Crippen LogP contribution in [0.15, 0.2) is 59.3 Å². The molecular weight excluding hydrogens is 354 g/mol. The van der Waals surface area contributed by atoms with Gasteiger partial charge in [-0.1, -0.05) is 36.4 Å². The van der Waals surface area contributed by atoms with Gasteiger partial charge in [-0.05, 0) is 22.9 Å². The molecule has 7 heteroatoms. The van der Waals surface area contributed by atoms with E-state index in [1.807, 2.05) is 35.0 Å². The zero-order valence-electron chi connectivity index (χ0n) is 13.3. The van der Waals surface area contributed by atoms with Crippen LogP contribution in [0.5, 0.6) is 0 Å². The average Bonchev–Trinajstić information content (AvgIpc) is 3.28. The predicted molar refractivity (Wildman–Crippen MR) is 101 cm³/mol. The Hall–Kier alpha value is -2.48. The Labute approximate surface area is 153 Å². The van der Waals surface area contributed by atoms with E-state index in [4.69, 9.17) is 5.73 Å². The monoisotopic (exact) mass is 372 g/mol. The fraction of sp³-hybridized carbons (Fsp3) is 0.111. The number of carbonyl (C=O) groups excluding carboxylic acids is 2. The normalized spacial score (nSPS) is 11.8. The Morgan fingerprint density at radius 1 is 1.04 bits per heavy atom. The van der Waals surface area contributed by atoms with Crippen molar-refractivity contribution in [2.45, 2.75) is 6.04 Å². The van der Waals surface area contributed by atoms with Crippen molar-refractivity contribution in [1.82, 2.24) is 0 Å². The number of anilines is 1. The molecule has 0 fully saturated rings. The van der Waals surface area contributed by atoms with Gasteiger partial charge in [-0.25, -0.2) is 0 Å². The third kappa shape index (κ3) is 4.33. The van der Waals surface area contributed by atoms with E-state index >= 15 is 0 Å². The lowest BCUT2D eigenvalue weighted by Crippen LogP contribution is -2.87. The van der Waals surface area contributed by atoms with E-state index in [0.29, 0.717) is 10.6 Å². The number of primary amides is 1. The van der Waals surface area contributed by atoms with Crippen LogP contribution in [0.3, 0.4) is 0 Å². The van der Waals surface area contributed by atoms with Crippen LogP contribution in [0.2, 0.25) is 0 Å². The van der Waals surface area contributed by atoms with E-state index in [1.54, 1.807) is 22.8 Å². The summed E-state index contributed by atoms with van der Waals surface area (Å²) in [6, 6.07) is 15.8. The Bertz CT molecular complexity index is 844. The van der Waals surface area contributed by atoms with Crippen LogP contribution >= 0.6 is 22.7 Å². The Morgan fingerprint density at radius 3 is 2.52 bits per heavy atom. The molecule has 5 nitrogen and oxygen atoms in total. The Morgan fingerprint density at radius 2 is 1.84 bits per heavy atom. The maximum atomic E-state index is 12.3. The molecule has 3 aromatic rings. The predicted octanol–water partition coefficient (Wildman–Crippen LogP) is 2.20. The first-order valence-electron chi connectivity index (χ1n) is 7.74. The highest BCUT2D eigenvalue weighted by molar-refractivity contribution is 7.14. The first-order valence-corrected chi connectivity index (χ1v) is 9.50. The molecule has 0 spiro atoms. The first-order chi connectivity index (χ1) is 12.1. The molecule has 0 bridgehead atoms. The van der Waals surface area contributed by atoms with E-state index in [9.17, 15) is 9.59 Å². The van der Waals surface area contributed by atoms with Crippen molar-refractivity contribution in [3.63, 3.8) is 0 Å². The SMILES string of the molecule is NC(=O)c1ccsc1NC(=O)C[NH2+][C@@H](c1ccccc1)c1cccs1. The minimum atomic E-state index is -0.540. The smallest absolute Gasteiger partial charge is 0.280 e. The standard InChI is InChI=1S/C18H17N3O2S2/c19-17(23)13-8-10-25-18(13)21-15(22)11-20-16(14-7-4-9-24-14)12-5-2-1-3-6-12/h1-10,16,20H,11H2,(H2,19,23)(H,21,22)/p+1/t16-/m0/s1. The molecule has 25 heavy (non-hydrogen) atoms. The fourth-order valence-electron chi connectivity index (χ4n) is 2.55. The van der Waals surface area contributed by atoms with Gasteiger partial charge in [0.25, 0.3) is 11.8 Å². The van der Waals surface area contributed by atoms with Crippen LogP contribution in [-0.4, -0.2) is 18.4 Å². The van der Waals surface area contributed by atoms with Crippen molar-refractivity contribution in [2.75, 3.05) is 11.9 Å². The van der Waals surface area contributed by atoms with Crippen LogP contribution in [-0.2, 0) is 4.79 Å². The minimum absolute atomic E-state index is 0.0610. The second-order valence-corrected chi connectivity index (χ2v) is 7.31. The zero-order chi connectivity index (χ0) is 17.6. The van der Waals surface area contributed by atoms with E-state index < -0.39 is 5.91 Å². The lowest BCUT2D eigenvalue weighted by Gasteiger charge is -2.14. The van der Waals surface area contributed by atoms with Crippen molar-refractivity contribution in [3.8, 4) is 0 Å². The number of carbonyl (C=O) groups is 2.